The number of para-hydroxylation sites is 1. The van der Waals surface area contributed by atoms with E-state index in [4.69, 9.17) is 19.2 Å². The molecule has 0 radical (unpaired) electrons. The topological polar surface area (TPSA) is 72.8 Å². The summed E-state index contributed by atoms with van der Waals surface area (Å²) >= 11 is 0. The summed E-state index contributed by atoms with van der Waals surface area (Å²) in [6.07, 6.45) is 0. The molecule has 1 aliphatic rings. The Morgan fingerprint density at radius 1 is 1.11 bits per heavy atom. The van der Waals surface area contributed by atoms with Crippen LogP contribution in [0.25, 0.3) is 22.4 Å². The van der Waals surface area contributed by atoms with Crippen LogP contribution in [0.1, 0.15) is 5.56 Å². The summed E-state index contributed by atoms with van der Waals surface area (Å²) in [5, 5.41) is 13.7. The second kappa shape index (κ2) is 7.78. The van der Waals surface area contributed by atoms with Gasteiger partial charge in [0.1, 0.15) is 11.6 Å². The molecule has 2 heterocycles. The number of pyridine rings is 1. The van der Waals surface area contributed by atoms with Crippen molar-refractivity contribution in [3.05, 3.63) is 54.1 Å². The van der Waals surface area contributed by atoms with Crippen molar-refractivity contribution in [1.29, 1.82) is 0 Å². The Morgan fingerprint density at radius 2 is 2.00 bits per heavy atom. The van der Waals surface area contributed by atoms with Crippen molar-refractivity contribution in [3.8, 4) is 39.6 Å². The molecule has 0 atom stereocenters. The lowest BCUT2D eigenvalue weighted by Crippen LogP contribution is -2.09. The van der Waals surface area contributed by atoms with Gasteiger partial charge in [-0.25, -0.2) is 4.98 Å². The van der Waals surface area contributed by atoms with Crippen LogP contribution in [-0.2, 0) is 4.74 Å². The van der Waals surface area contributed by atoms with Crippen molar-refractivity contribution in [2.24, 2.45) is 0 Å². The maximum Gasteiger partial charge on any atom is 0.231 e. The van der Waals surface area contributed by atoms with Crippen molar-refractivity contribution in [2.75, 3.05) is 32.4 Å². The van der Waals surface area contributed by atoms with Crippen LogP contribution in [0.4, 0.5) is 5.82 Å². The lowest BCUT2D eigenvalue weighted by Gasteiger charge is -2.13. The van der Waals surface area contributed by atoms with Crippen LogP contribution < -0.4 is 14.8 Å². The summed E-state index contributed by atoms with van der Waals surface area (Å²) in [7, 11) is 1.66. The smallest absolute Gasteiger partial charge is 0.231 e. The highest BCUT2D eigenvalue weighted by Gasteiger charge is 2.20. The van der Waals surface area contributed by atoms with E-state index in [2.05, 4.69) is 5.32 Å². The zero-order valence-electron chi connectivity index (χ0n) is 15.9. The molecular formula is C22H22N2O4. The molecule has 4 rings (SSSR count). The number of rotatable bonds is 6. The van der Waals surface area contributed by atoms with Crippen LogP contribution >= 0.6 is 0 Å². The van der Waals surface area contributed by atoms with E-state index in [1.165, 1.54) is 0 Å². The second-order valence-corrected chi connectivity index (χ2v) is 6.61. The number of anilines is 1. The first-order valence-electron chi connectivity index (χ1n) is 9.09. The maximum atomic E-state index is 10.4. The predicted molar refractivity (Wildman–Crippen MR) is 108 cm³/mol. The van der Waals surface area contributed by atoms with Crippen LogP contribution in [0.15, 0.2) is 48.5 Å². The SMILES string of the molecule is COCCNc1cc(-c2cccc3c2OCO3)cc(-c2cc(C)ccc2O)n1. The fraction of sp³-hybridized carbons (Fsp3) is 0.227. The Bertz CT molecular complexity index is 1000. The lowest BCUT2D eigenvalue weighted by molar-refractivity contribution is 0.174. The largest absolute Gasteiger partial charge is 0.507 e. The minimum atomic E-state index is 0.191. The lowest BCUT2D eigenvalue weighted by atomic mass is 10.0. The average molecular weight is 378 g/mol. The number of hydrogen-bond acceptors (Lipinski definition) is 6. The molecule has 2 aromatic carbocycles. The monoisotopic (exact) mass is 378 g/mol. The first-order valence-corrected chi connectivity index (χ1v) is 9.09. The van der Waals surface area contributed by atoms with Gasteiger partial charge in [-0.3, -0.25) is 0 Å². The number of aromatic nitrogens is 1. The van der Waals surface area contributed by atoms with Crippen LogP contribution in [0.3, 0.4) is 0 Å². The van der Waals surface area contributed by atoms with Gasteiger partial charge in [-0.2, -0.15) is 0 Å². The van der Waals surface area contributed by atoms with Crippen LogP contribution in [-0.4, -0.2) is 37.1 Å². The standard InChI is InChI=1S/C22H22N2O4/c1-14-6-7-19(25)17(10-14)18-11-15(12-21(24-18)23-8-9-26-2)16-4-3-5-20-22(16)28-13-27-20/h3-7,10-12,25H,8-9,13H2,1-2H3,(H,23,24). The van der Waals surface area contributed by atoms with Gasteiger partial charge < -0.3 is 24.6 Å². The third-order valence-electron chi connectivity index (χ3n) is 4.57. The van der Waals surface area contributed by atoms with E-state index in [0.29, 0.717) is 30.2 Å². The van der Waals surface area contributed by atoms with Gasteiger partial charge in [-0.05, 0) is 42.8 Å². The summed E-state index contributed by atoms with van der Waals surface area (Å²) in [4.78, 5) is 4.70. The summed E-state index contributed by atoms with van der Waals surface area (Å²) in [6, 6.07) is 15.2. The molecule has 0 fully saturated rings. The minimum Gasteiger partial charge on any atom is -0.507 e. The summed E-state index contributed by atoms with van der Waals surface area (Å²) in [5.74, 6) is 2.33. The quantitative estimate of drug-likeness (QED) is 0.626. The minimum absolute atomic E-state index is 0.191. The van der Waals surface area contributed by atoms with E-state index in [0.717, 1.165) is 28.2 Å². The highest BCUT2D eigenvalue weighted by molar-refractivity contribution is 5.80. The number of aryl methyl sites for hydroxylation is 1. The Morgan fingerprint density at radius 3 is 2.86 bits per heavy atom. The normalized spacial score (nSPS) is 12.2. The van der Waals surface area contributed by atoms with Crippen molar-refractivity contribution in [3.63, 3.8) is 0 Å². The number of phenolic OH excluding ortho intramolecular Hbond substituents is 1. The first kappa shape index (κ1) is 18.1. The molecule has 0 unspecified atom stereocenters. The first-order chi connectivity index (χ1) is 13.7. The van der Waals surface area contributed by atoms with Crippen LogP contribution in [0.2, 0.25) is 0 Å². The third kappa shape index (κ3) is 3.59. The fourth-order valence-electron chi connectivity index (χ4n) is 3.21. The molecule has 3 aromatic rings. The van der Waals surface area contributed by atoms with E-state index in [1.807, 2.05) is 49.4 Å². The third-order valence-corrected chi connectivity index (χ3v) is 4.57. The van der Waals surface area contributed by atoms with Gasteiger partial charge in [0.25, 0.3) is 0 Å². The average Bonchev–Trinajstić information content (AvgIpc) is 3.19. The van der Waals surface area contributed by atoms with Crippen molar-refractivity contribution >= 4 is 5.82 Å². The predicted octanol–water partition coefficient (Wildman–Crippen LogP) is 4.22. The van der Waals surface area contributed by atoms with Gasteiger partial charge in [0.15, 0.2) is 11.5 Å². The molecule has 2 N–H and O–H groups in total. The van der Waals surface area contributed by atoms with E-state index < -0.39 is 0 Å². The number of ether oxygens (including phenoxy) is 3. The van der Waals surface area contributed by atoms with Crippen molar-refractivity contribution < 1.29 is 19.3 Å². The van der Waals surface area contributed by atoms with E-state index >= 15 is 0 Å². The molecule has 0 bridgehead atoms. The zero-order valence-corrected chi connectivity index (χ0v) is 15.9. The Kier molecular flexibility index (Phi) is 5.04. The highest BCUT2D eigenvalue weighted by atomic mass is 16.7. The summed E-state index contributed by atoms with van der Waals surface area (Å²) in [6.45, 7) is 3.38. The Labute approximate surface area is 163 Å². The van der Waals surface area contributed by atoms with E-state index in [1.54, 1.807) is 13.2 Å². The number of nitrogens with one attached hydrogen (secondary N) is 1. The molecule has 144 valence electrons. The zero-order chi connectivity index (χ0) is 19.5. The molecule has 28 heavy (non-hydrogen) atoms. The maximum absolute atomic E-state index is 10.4. The van der Waals surface area contributed by atoms with Crippen LogP contribution in [0, 0.1) is 6.92 Å². The molecule has 0 amide bonds. The summed E-state index contributed by atoms with van der Waals surface area (Å²) < 4.78 is 16.3. The van der Waals surface area contributed by atoms with E-state index in [-0.39, 0.29) is 12.5 Å². The number of aromatic hydroxyl groups is 1. The fourth-order valence-corrected chi connectivity index (χ4v) is 3.21. The van der Waals surface area contributed by atoms with Gasteiger partial charge >= 0.3 is 0 Å². The molecule has 6 nitrogen and oxygen atoms in total. The Hall–Kier alpha value is -3.25. The van der Waals surface area contributed by atoms with Crippen molar-refractivity contribution in [1.82, 2.24) is 4.98 Å². The molecule has 0 aliphatic carbocycles. The highest BCUT2D eigenvalue weighted by Crippen LogP contribution is 2.42. The number of hydrogen-bond donors (Lipinski definition) is 2. The van der Waals surface area contributed by atoms with Gasteiger partial charge in [0.05, 0.1) is 12.3 Å². The van der Waals surface area contributed by atoms with E-state index in [9.17, 15) is 5.11 Å². The van der Waals surface area contributed by atoms with Gasteiger partial charge in [0, 0.05) is 24.8 Å². The molecule has 6 heteroatoms. The number of fused-ring (bicyclic) bond motifs is 1. The number of nitrogens with zero attached hydrogens (tertiary/aromatic N) is 1. The molecular weight excluding hydrogens is 356 g/mol. The van der Waals surface area contributed by atoms with Gasteiger partial charge in [-0.15, -0.1) is 0 Å². The molecule has 0 saturated carbocycles. The summed E-state index contributed by atoms with van der Waals surface area (Å²) in [5.41, 5.74) is 4.25. The molecule has 1 aliphatic heterocycles. The second-order valence-electron chi connectivity index (χ2n) is 6.61. The number of benzene rings is 2. The molecule has 1 aromatic heterocycles. The van der Waals surface area contributed by atoms with Gasteiger partial charge in [-0.1, -0.05) is 23.8 Å². The number of phenols is 1. The Balaban J connectivity index is 1.83. The van der Waals surface area contributed by atoms with Crippen molar-refractivity contribution in [2.45, 2.75) is 6.92 Å². The van der Waals surface area contributed by atoms with Crippen LogP contribution in [0.5, 0.6) is 17.2 Å². The molecule has 0 spiro atoms. The van der Waals surface area contributed by atoms with Gasteiger partial charge in [0.2, 0.25) is 6.79 Å². The number of methoxy groups -OCH3 is 1. The molecule has 0 saturated heterocycles.